The van der Waals surface area contributed by atoms with Crippen LogP contribution in [0.25, 0.3) is 0 Å². The van der Waals surface area contributed by atoms with E-state index in [1.165, 1.54) is 11.1 Å². The van der Waals surface area contributed by atoms with Crippen LogP contribution in [0.3, 0.4) is 0 Å². The fourth-order valence-electron chi connectivity index (χ4n) is 2.96. The third-order valence-electron chi connectivity index (χ3n) is 4.29. The second kappa shape index (κ2) is 10.3. The predicted molar refractivity (Wildman–Crippen MR) is 98.1 cm³/mol. The van der Waals surface area contributed by atoms with Gasteiger partial charge in [0.2, 0.25) is 0 Å². The van der Waals surface area contributed by atoms with E-state index in [4.69, 9.17) is 9.47 Å². The predicted octanol–water partition coefficient (Wildman–Crippen LogP) is 2.66. The van der Waals surface area contributed by atoms with Crippen LogP contribution in [0.4, 0.5) is 0 Å². The zero-order valence-electron chi connectivity index (χ0n) is 15.3. The van der Waals surface area contributed by atoms with Crippen molar-refractivity contribution in [2.75, 3.05) is 40.5 Å². The lowest BCUT2D eigenvalue weighted by atomic mass is 10.1. The normalized spacial score (nSPS) is 18.0. The van der Waals surface area contributed by atoms with Crippen LogP contribution >= 0.6 is 0 Å². The molecule has 0 radical (unpaired) electrons. The summed E-state index contributed by atoms with van der Waals surface area (Å²) in [4.78, 5) is 6.60. The standard InChI is InChI=1S/C19H31N3O2/c1-4-10-23-15-18-8-6-5-7-17(18)12-21-19(20-2)22(3)13-16-9-11-24-14-16/h5-8,16H,4,9-15H2,1-3H3,(H,20,21). The quantitative estimate of drug-likeness (QED) is 0.451. The lowest BCUT2D eigenvalue weighted by molar-refractivity contribution is 0.121. The minimum Gasteiger partial charge on any atom is -0.381 e. The van der Waals surface area contributed by atoms with Crippen molar-refractivity contribution in [1.29, 1.82) is 0 Å². The molecule has 1 aromatic rings. The van der Waals surface area contributed by atoms with Gasteiger partial charge in [-0.2, -0.15) is 0 Å². The Hall–Kier alpha value is -1.59. The van der Waals surface area contributed by atoms with Crippen LogP contribution in [0.15, 0.2) is 29.3 Å². The van der Waals surface area contributed by atoms with Crippen LogP contribution in [0, 0.1) is 5.92 Å². The van der Waals surface area contributed by atoms with E-state index in [2.05, 4.69) is 53.4 Å². The van der Waals surface area contributed by atoms with Crippen molar-refractivity contribution in [3.8, 4) is 0 Å². The van der Waals surface area contributed by atoms with E-state index in [1.54, 1.807) is 0 Å². The van der Waals surface area contributed by atoms with Crippen molar-refractivity contribution < 1.29 is 9.47 Å². The monoisotopic (exact) mass is 333 g/mol. The average molecular weight is 333 g/mol. The molecule has 0 spiro atoms. The topological polar surface area (TPSA) is 46.1 Å². The Balaban J connectivity index is 1.88. The minimum atomic E-state index is 0.600. The maximum Gasteiger partial charge on any atom is 0.193 e. The van der Waals surface area contributed by atoms with E-state index >= 15 is 0 Å². The molecule has 1 fully saturated rings. The number of guanidine groups is 1. The van der Waals surface area contributed by atoms with E-state index in [1.807, 2.05) is 7.05 Å². The van der Waals surface area contributed by atoms with Crippen LogP contribution in [-0.2, 0) is 22.6 Å². The summed E-state index contributed by atoms with van der Waals surface area (Å²) >= 11 is 0. The highest BCUT2D eigenvalue weighted by Crippen LogP contribution is 2.14. The van der Waals surface area contributed by atoms with Gasteiger partial charge in [-0.25, -0.2) is 0 Å². The number of ether oxygens (including phenoxy) is 2. The van der Waals surface area contributed by atoms with Crippen LogP contribution in [-0.4, -0.2) is 51.3 Å². The molecule has 1 atom stereocenters. The smallest absolute Gasteiger partial charge is 0.193 e. The van der Waals surface area contributed by atoms with Crippen LogP contribution in [0.5, 0.6) is 0 Å². The Labute approximate surface area is 146 Å². The SMILES string of the molecule is CCCOCc1ccccc1CNC(=NC)N(C)CC1CCOC1. The van der Waals surface area contributed by atoms with Crippen molar-refractivity contribution in [2.45, 2.75) is 32.9 Å². The van der Waals surface area contributed by atoms with Crippen LogP contribution in [0.2, 0.25) is 0 Å². The summed E-state index contributed by atoms with van der Waals surface area (Å²) in [5.74, 6) is 1.52. The Bertz CT molecular complexity index is 513. The van der Waals surface area contributed by atoms with Gasteiger partial charge in [-0.3, -0.25) is 4.99 Å². The molecule has 1 saturated heterocycles. The molecule has 0 amide bonds. The van der Waals surface area contributed by atoms with Gasteiger partial charge in [0.25, 0.3) is 0 Å². The summed E-state index contributed by atoms with van der Waals surface area (Å²) in [6.07, 6.45) is 2.18. The number of benzene rings is 1. The van der Waals surface area contributed by atoms with Gasteiger partial charge in [0.05, 0.1) is 13.2 Å². The van der Waals surface area contributed by atoms with Crippen molar-refractivity contribution in [1.82, 2.24) is 10.2 Å². The van der Waals surface area contributed by atoms with Gasteiger partial charge < -0.3 is 19.7 Å². The summed E-state index contributed by atoms with van der Waals surface area (Å²) in [7, 11) is 3.92. The number of hydrogen-bond acceptors (Lipinski definition) is 3. The molecule has 1 unspecified atom stereocenters. The summed E-state index contributed by atoms with van der Waals surface area (Å²) in [5.41, 5.74) is 2.49. The molecule has 0 saturated carbocycles. The first-order valence-electron chi connectivity index (χ1n) is 8.88. The molecule has 1 aliphatic rings. The molecule has 1 heterocycles. The highest BCUT2D eigenvalue weighted by Gasteiger charge is 2.19. The number of rotatable bonds is 8. The minimum absolute atomic E-state index is 0.600. The molecule has 1 aromatic carbocycles. The second-order valence-electron chi connectivity index (χ2n) is 6.33. The zero-order valence-corrected chi connectivity index (χ0v) is 15.3. The number of aliphatic imine (C=N–C) groups is 1. The Morgan fingerprint density at radius 2 is 2.17 bits per heavy atom. The maximum absolute atomic E-state index is 5.70. The molecule has 0 bridgehead atoms. The first-order valence-corrected chi connectivity index (χ1v) is 8.88. The van der Waals surface area contributed by atoms with Gasteiger partial charge in [0.15, 0.2) is 5.96 Å². The van der Waals surface area contributed by atoms with Crippen LogP contribution in [0.1, 0.15) is 30.9 Å². The fraction of sp³-hybridized carbons (Fsp3) is 0.632. The first-order chi connectivity index (χ1) is 11.7. The lowest BCUT2D eigenvalue weighted by Crippen LogP contribution is -2.41. The Kier molecular flexibility index (Phi) is 8.05. The van der Waals surface area contributed by atoms with Crippen molar-refractivity contribution in [3.63, 3.8) is 0 Å². The van der Waals surface area contributed by atoms with Crippen molar-refractivity contribution in [2.24, 2.45) is 10.9 Å². The Morgan fingerprint density at radius 3 is 2.83 bits per heavy atom. The number of hydrogen-bond donors (Lipinski definition) is 1. The summed E-state index contributed by atoms with van der Waals surface area (Å²) in [6.45, 7) is 7.07. The second-order valence-corrected chi connectivity index (χ2v) is 6.33. The Morgan fingerprint density at radius 1 is 1.38 bits per heavy atom. The average Bonchev–Trinajstić information content (AvgIpc) is 3.10. The molecule has 5 heteroatoms. The maximum atomic E-state index is 5.70. The summed E-state index contributed by atoms with van der Waals surface area (Å²) < 4.78 is 11.2. The third-order valence-corrected chi connectivity index (χ3v) is 4.29. The molecule has 1 aliphatic heterocycles. The molecule has 0 aliphatic carbocycles. The number of nitrogens with one attached hydrogen (secondary N) is 1. The molecule has 5 nitrogen and oxygen atoms in total. The highest BCUT2D eigenvalue weighted by atomic mass is 16.5. The van der Waals surface area contributed by atoms with Gasteiger partial charge in [0.1, 0.15) is 0 Å². The number of nitrogens with zero attached hydrogens (tertiary/aromatic N) is 2. The fourth-order valence-corrected chi connectivity index (χ4v) is 2.96. The first kappa shape index (κ1) is 18.7. The van der Waals surface area contributed by atoms with E-state index in [0.717, 1.165) is 51.7 Å². The lowest BCUT2D eigenvalue weighted by Gasteiger charge is -2.25. The molecule has 134 valence electrons. The van der Waals surface area contributed by atoms with Crippen molar-refractivity contribution in [3.05, 3.63) is 35.4 Å². The van der Waals surface area contributed by atoms with E-state index in [9.17, 15) is 0 Å². The van der Waals surface area contributed by atoms with Gasteiger partial charge in [0, 0.05) is 46.3 Å². The van der Waals surface area contributed by atoms with Gasteiger partial charge in [-0.05, 0) is 24.0 Å². The summed E-state index contributed by atoms with van der Waals surface area (Å²) in [5, 5.41) is 3.47. The van der Waals surface area contributed by atoms with Crippen LogP contribution < -0.4 is 5.32 Å². The van der Waals surface area contributed by atoms with E-state index in [-0.39, 0.29) is 0 Å². The largest absolute Gasteiger partial charge is 0.381 e. The molecule has 0 aromatic heterocycles. The zero-order chi connectivity index (χ0) is 17.2. The highest BCUT2D eigenvalue weighted by molar-refractivity contribution is 5.79. The van der Waals surface area contributed by atoms with Crippen molar-refractivity contribution >= 4 is 5.96 Å². The molecule has 1 N–H and O–H groups in total. The van der Waals surface area contributed by atoms with Gasteiger partial charge in [-0.1, -0.05) is 31.2 Å². The van der Waals surface area contributed by atoms with Gasteiger partial charge in [-0.15, -0.1) is 0 Å². The van der Waals surface area contributed by atoms with E-state index < -0.39 is 0 Å². The molecular formula is C19H31N3O2. The summed E-state index contributed by atoms with van der Waals surface area (Å²) in [6, 6.07) is 8.42. The molecular weight excluding hydrogens is 302 g/mol. The molecule has 24 heavy (non-hydrogen) atoms. The third kappa shape index (κ3) is 5.80. The van der Waals surface area contributed by atoms with E-state index in [0.29, 0.717) is 12.5 Å². The van der Waals surface area contributed by atoms with Gasteiger partial charge >= 0.3 is 0 Å². The molecule has 2 rings (SSSR count).